The molecule has 2 fully saturated rings. The number of nitrogens with zero attached hydrogens (tertiary/aromatic N) is 2. The second-order valence-electron chi connectivity index (χ2n) is 10.6. The van der Waals surface area contributed by atoms with Gasteiger partial charge in [0.15, 0.2) is 5.84 Å². The lowest BCUT2D eigenvalue weighted by Gasteiger charge is -2.38. The molecule has 0 radical (unpaired) electrons. The summed E-state index contributed by atoms with van der Waals surface area (Å²) < 4.78 is 24.1. The molecule has 4 atom stereocenters. The van der Waals surface area contributed by atoms with Crippen LogP contribution >= 0.6 is 0 Å². The highest BCUT2D eigenvalue weighted by Gasteiger charge is 2.45. The maximum Gasteiger partial charge on any atom is 0.324 e. The lowest BCUT2D eigenvalue weighted by molar-refractivity contribution is -0.104. The van der Waals surface area contributed by atoms with Gasteiger partial charge < -0.3 is 28.9 Å². The second-order valence-corrected chi connectivity index (χ2v) is 10.6. The second kappa shape index (κ2) is 12.0. The third kappa shape index (κ3) is 5.29. The first-order valence-electron chi connectivity index (χ1n) is 14.1. The number of oxime groups is 1. The van der Waals surface area contributed by atoms with E-state index < -0.39 is 24.0 Å². The highest BCUT2D eigenvalue weighted by Crippen LogP contribution is 2.42. The van der Waals surface area contributed by atoms with Crippen LogP contribution in [0.4, 0.5) is 4.79 Å². The Morgan fingerprint density at radius 1 is 0.952 bits per heavy atom. The zero-order chi connectivity index (χ0) is 29.1. The molecule has 10 heteroatoms. The van der Waals surface area contributed by atoms with E-state index in [9.17, 15) is 9.90 Å². The van der Waals surface area contributed by atoms with Gasteiger partial charge in [0.05, 0.1) is 26.9 Å². The number of carbonyl (C=O) groups is 1. The average Bonchev–Trinajstić information content (AvgIpc) is 3.41. The number of fused-ring (bicyclic) bond motifs is 1. The van der Waals surface area contributed by atoms with Crippen LogP contribution in [0.15, 0.2) is 84.0 Å². The third-order valence-electron chi connectivity index (χ3n) is 8.21. The Bertz CT molecular complexity index is 1350. The number of carbonyl (C=O) groups excluding carboxylic acids is 1. The lowest BCUT2D eigenvalue weighted by atomic mass is 9.80. The molecule has 0 aromatic heterocycles. The van der Waals surface area contributed by atoms with E-state index in [-0.39, 0.29) is 25.0 Å². The monoisotopic (exact) mass is 573 g/mol. The number of urea groups is 1. The van der Waals surface area contributed by atoms with E-state index >= 15 is 0 Å². The van der Waals surface area contributed by atoms with Crippen molar-refractivity contribution >= 4 is 11.9 Å². The predicted octanol–water partition coefficient (Wildman–Crippen LogP) is 3.86. The van der Waals surface area contributed by atoms with Crippen molar-refractivity contribution in [2.75, 3.05) is 34.0 Å². The Hall–Kier alpha value is -4.12. The van der Waals surface area contributed by atoms with E-state index in [4.69, 9.17) is 23.8 Å². The van der Waals surface area contributed by atoms with E-state index in [1.165, 1.54) is 0 Å². The Morgan fingerprint density at radius 3 is 2.19 bits per heavy atom. The molecule has 2 saturated heterocycles. The summed E-state index contributed by atoms with van der Waals surface area (Å²) in [5, 5.41) is 17.9. The van der Waals surface area contributed by atoms with Crippen LogP contribution in [0.25, 0.3) is 0 Å². The normalized spacial score (nSPS) is 23.8. The van der Waals surface area contributed by atoms with E-state index in [2.05, 4.69) is 10.5 Å². The van der Waals surface area contributed by atoms with Crippen molar-refractivity contribution in [3.8, 4) is 11.5 Å². The maximum absolute atomic E-state index is 12.9. The Morgan fingerprint density at radius 2 is 1.57 bits per heavy atom. The number of benzene rings is 3. The fourth-order valence-corrected chi connectivity index (χ4v) is 5.91. The first kappa shape index (κ1) is 28.0. The summed E-state index contributed by atoms with van der Waals surface area (Å²) in [6, 6.07) is 25.2. The van der Waals surface area contributed by atoms with Gasteiger partial charge in [0, 0.05) is 18.9 Å². The summed E-state index contributed by atoms with van der Waals surface area (Å²) in [4.78, 5) is 19.7. The van der Waals surface area contributed by atoms with E-state index in [0.29, 0.717) is 19.0 Å². The number of aliphatic hydroxyl groups is 1. The van der Waals surface area contributed by atoms with Gasteiger partial charge in [-0.15, -0.1) is 0 Å². The summed E-state index contributed by atoms with van der Waals surface area (Å²) in [6.07, 6.45) is -1.05. The molecule has 220 valence electrons. The van der Waals surface area contributed by atoms with Crippen LogP contribution in [0, 0.1) is 5.92 Å². The molecular formula is C32H35N3O7. The van der Waals surface area contributed by atoms with Crippen molar-refractivity contribution in [1.29, 1.82) is 0 Å². The molecule has 0 spiro atoms. The number of aliphatic hydroxyl groups excluding tert-OH is 1. The fourth-order valence-electron chi connectivity index (χ4n) is 5.91. The molecule has 0 saturated carbocycles. The summed E-state index contributed by atoms with van der Waals surface area (Å²) in [7, 11) is 3.26. The summed E-state index contributed by atoms with van der Waals surface area (Å²) in [5.74, 6) is 2.05. The minimum atomic E-state index is -1.04. The first-order valence-corrected chi connectivity index (χ1v) is 14.1. The van der Waals surface area contributed by atoms with Gasteiger partial charge in [-0.05, 0) is 47.4 Å². The van der Waals surface area contributed by atoms with Crippen LogP contribution in [0.3, 0.4) is 0 Å². The number of hydrogen-bond acceptors (Lipinski definition) is 8. The number of amides is 2. The van der Waals surface area contributed by atoms with Crippen molar-refractivity contribution in [2.24, 2.45) is 11.1 Å². The molecule has 42 heavy (non-hydrogen) atoms. The van der Waals surface area contributed by atoms with E-state index in [0.717, 1.165) is 34.6 Å². The van der Waals surface area contributed by atoms with E-state index in [1.54, 1.807) is 19.1 Å². The average molecular weight is 574 g/mol. The number of rotatable bonds is 9. The number of ether oxygens (including phenoxy) is 4. The maximum atomic E-state index is 12.9. The number of hydrogen-bond donors (Lipinski definition) is 2. The molecule has 3 aliphatic heterocycles. The lowest BCUT2D eigenvalue weighted by Crippen LogP contribution is -2.58. The standard InChI is InChI=1S/C32H35N3O7/c1-38-25-12-8-23(9-13-25)32(22-6-4-3-5-7-22,24-10-14-26(39-2)15-11-24)40-20-28-27(36)18-29(42-28)35-19-21-16-17-41-34-30(21)33-31(35)37/h3-15,21,27-29,36H,16-20H2,1-2H3,(H,33,34,37)/t21?,27-,28+,29+/m0/s1. The quantitative estimate of drug-likeness (QED) is 0.374. The third-order valence-corrected chi connectivity index (χ3v) is 8.21. The minimum absolute atomic E-state index is 0.0448. The molecule has 6 rings (SSSR count). The van der Waals surface area contributed by atoms with Crippen molar-refractivity contribution in [2.45, 2.75) is 36.9 Å². The van der Waals surface area contributed by atoms with Gasteiger partial charge in [-0.2, -0.15) is 0 Å². The minimum Gasteiger partial charge on any atom is -0.497 e. The topological polar surface area (TPSA) is 111 Å². The van der Waals surface area contributed by atoms with E-state index in [1.807, 2.05) is 78.9 Å². The van der Waals surface area contributed by atoms with Crippen LogP contribution in [0.5, 0.6) is 11.5 Å². The fraction of sp³-hybridized carbons (Fsp3) is 0.375. The van der Waals surface area contributed by atoms with Crippen LogP contribution in [0.1, 0.15) is 29.5 Å². The number of methoxy groups -OCH3 is 2. The van der Waals surface area contributed by atoms with Crippen LogP contribution in [-0.4, -0.2) is 74.3 Å². The highest BCUT2D eigenvalue weighted by atomic mass is 16.6. The van der Waals surface area contributed by atoms with Crippen molar-refractivity contribution in [3.63, 3.8) is 0 Å². The molecule has 0 bridgehead atoms. The molecule has 3 aliphatic rings. The molecule has 3 heterocycles. The largest absolute Gasteiger partial charge is 0.497 e. The molecule has 3 aromatic rings. The van der Waals surface area contributed by atoms with Gasteiger partial charge in [0.2, 0.25) is 0 Å². The zero-order valence-electron chi connectivity index (χ0n) is 23.6. The predicted molar refractivity (Wildman–Crippen MR) is 154 cm³/mol. The molecule has 3 aromatic carbocycles. The van der Waals surface area contributed by atoms with Gasteiger partial charge in [-0.25, -0.2) is 4.79 Å². The zero-order valence-corrected chi connectivity index (χ0v) is 23.6. The van der Waals surface area contributed by atoms with Crippen LogP contribution in [0.2, 0.25) is 0 Å². The van der Waals surface area contributed by atoms with Gasteiger partial charge in [0.1, 0.15) is 36.0 Å². The molecule has 2 amide bonds. The highest BCUT2D eigenvalue weighted by molar-refractivity contribution is 6.01. The first-order chi connectivity index (χ1) is 20.5. The van der Waals surface area contributed by atoms with Gasteiger partial charge in [-0.3, -0.25) is 10.2 Å². The molecule has 0 aliphatic carbocycles. The molecule has 2 N–H and O–H groups in total. The summed E-state index contributed by atoms with van der Waals surface area (Å²) in [6.45, 7) is 1.02. The van der Waals surface area contributed by atoms with Gasteiger partial charge in [-0.1, -0.05) is 59.8 Å². The number of amidine groups is 1. The SMILES string of the molecule is COc1ccc(C(OC[C@H]2O[C@@H](N3CC4CCON=C4NC3=O)C[C@@H]2O)(c2ccccc2)c2ccc(OC)cc2)cc1. The molecule has 10 nitrogen and oxygen atoms in total. The molecule has 1 unspecified atom stereocenters. The Balaban J connectivity index is 1.30. The van der Waals surface area contributed by atoms with Crippen molar-refractivity contribution in [3.05, 3.63) is 95.6 Å². The van der Waals surface area contributed by atoms with Crippen molar-refractivity contribution in [1.82, 2.24) is 10.2 Å². The van der Waals surface area contributed by atoms with Gasteiger partial charge in [0.25, 0.3) is 0 Å². The molecular weight excluding hydrogens is 538 g/mol. The van der Waals surface area contributed by atoms with Crippen molar-refractivity contribution < 1.29 is 33.7 Å². The smallest absolute Gasteiger partial charge is 0.324 e. The Labute approximate surface area is 244 Å². The van der Waals surface area contributed by atoms with Gasteiger partial charge >= 0.3 is 6.03 Å². The van der Waals surface area contributed by atoms with Crippen LogP contribution in [-0.2, 0) is 19.9 Å². The summed E-state index contributed by atoms with van der Waals surface area (Å²) >= 11 is 0. The van der Waals surface area contributed by atoms with Crippen LogP contribution < -0.4 is 14.8 Å². The number of nitrogens with one attached hydrogen (secondary N) is 1. The summed E-state index contributed by atoms with van der Waals surface area (Å²) in [5.41, 5.74) is 1.62. The Kier molecular flexibility index (Phi) is 8.01.